The smallest absolute Gasteiger partial charge is 0.270 e. The van der Waals surface area contributed by atoms with E-state index in [-0.39, 0.29) is 23.6 Å². The number of rotatable bonds is 6. The van der Waals surface area contributed by atoms with Gasteiger partial charge in [0.1, 0.15) is 11.4 Å². The molecule has 1 fully saturated rings. The van der Waals surface area contributed by atoms with Gasteiger partial charge in [-0.05, 0) is 56.2 Å². The lowest BCUT2D eigenvalue weighted by molar-refractivity contribution is 0.0933. The first kappa shape index (κ1) is 17.9. The highest BCUT2D eigenvalue weighted by molar-refractivity contribution is 6.05. The predicted molar refractivity (Wildman–Crippen MR) is 99.5 cm³/mol. The summed E-state index contributed by atoms with van der Waals surface area (Å²) in [6.07, 6.45) is 5.77. The van der Waals surface area contributed by atoms with E-state index < -0.39 is 0 Å². The molecule has 0 unspecified atom stereocenters. The number of nitrogens with one attached hydrogen (secondary N) is 2. The van der Waals surface area contributed by atoms with Crippen LogP contribution in [0.4, 0.5) is 5.69 Å². The first-order chi connectivity index (χ1) is 12.7. The topological polar surface area (TPSA) is 80.3 Å². The van der Waals surface area contributed by atoms with Crippen molar-refractivity contribution in [3.05, 3.63) is 53.9 Å². The molecule has 0 aliphatic heterocycles. The Morgan fingerprint density at radius 3 is 2.54 bits per heavy atom. The number of carbonyl (C=O) groups excluding carboxylic acids is 2. The Hall–Kier alpha value is -2.89. The molecule has 1 aromatic heterocycles. The van der Waals surface area contributed by atoms with E-state index in [1.165, 1.54) is 12.3 Å². The molecule has 3 rings (SSSR count). The molecule has 0 atom stereocenters. The van der Waals surface area contributed by atoms with Crippen LogP contribution in [0.1, 0.15) is 53.5 Å². The average molecular weight is 353 g/mol. The number of benzene rings is 1. The van der Waals surface area contributed by atoms with Gasteiger partial charge in [0.25, 0.3) is 11.8 Å². The van der Waals surface area contributed by atoms with Crippen molar-refractivity contribution in [1.82, 2.24) is 10.3 Å². The maximum atomic E-state index is 12.4. The van der Waals surface area contributed by atoms with Crippen molar-refractivity contribution in [2.45, 2.75) is 38.6 Å². The molecule has 0 saturated heterocycles. The summed E-state index contributed by atoms with van der Waals surface area (Å²) in [5, 5.41) is 5.79. The van der Waals surface area contributed by atoms with Crippen molar-refractivity contribution in [2.75, 3.05) is 11.9 Å². The number of aromatic nitrogens is 1. The molecule has 136 valence electrons. The number of hydrogen-bond donors (Lipinski definition) is 2. The molecule has 1 aliphatic rings. The standard InChI is InChI=1S/C20H23N3O3/c1-2-26-17-9-7-16(8-10-17)22-19(24)14-11-12-21-18(13-14)20(25)23-15-5-3-4-6-15/h7-13,15H,2-6H2,1H3,(H,22,24)(H,23,25). The Morgan fingerprint density at radius 2 is 1.85 bits per heavy atom. The van der Waals surface area contributed by atoms with Crippen LogP contribution >= 0.6 is 0 Å². The number of amides is 2. The molecular weight excluding hydrogens is 330 g/mol. The van der Waals surface area contributed by atoms with Crippen molar-refractivity contribution in [3.8, 4) is 5.75 Å². The van der Waals surface area contributed by atoms with Gasteiger partial charge in [-0.3, -0.25) is 14.6 Å². The quantitative estimate of drug-likeness (QED) is 0.834. The highest BCUT2D eigenvalue weighted by Gasteiger charge is 2.19. The van der Waals surface area contributed by atoms with Crippen LogP contribution in [0, 0.1) is 0 Å². The fraction of sp³-hybridized carbons (Fsp3) is 0.350. The summed E-state index contributed by atoms with van der Waals surface area (Å²) in [6, 6.07) is 10.5. The van der Waals surface area contributed by atoms with Gasteiger partial charge in [-0.15, -0.1) is 0 Å². The molecule has 0 spiro atoms. The first-order valence-electron chi connectivity index (χ1n) is 8.97. The minimum atomic E-state index is -0.286. The molecule has 1 aromatic carbocycles. The van der Waals surface area contributed by atoms with Gasteiger partial charge in [-0.1, -0.05) is 12.8 Å². The Kier molecular flexibility index (Phi) is 5.84. The van der Waals surface area contributed by atoms with Gasteiger partial charge in [-0.2, -0.15) is 0 Å². The summed E-state index contributed by atoms with van der Waals surface area (Å²) in [6.45, 7) is 2.51. The average Bonchev–Trinajstić information content (AvgIpc) is 3.16. The predicted octanol–water partition coefficient (Wildman–Crippen LogP) is 3.41. The second kappa shape index (κ2) is 8.47. The van der Waals surface area contributed by atoms with E-state index in [2.05, 4.69) is 15.6 Å². The van der Waals surface area contributed by atoms with E-state index in [1.807, 2.05) is 6.92 Å². The van der Waals surface area contributed by atoms with Gasteiger partial charge in [-0.25, -0.2) is 0 Å². The summed E-state index contributed by atoms with van der Waals surface area (Å²) >= 11 is 0. The first-order valence-corrected chi connectivity index (χ1v) is 8.97. The minimum absolute atomic E-state index is 0.214. The van der Waals surface area contributed by atoms with Gasteiger partial charge in [0.15, 0.2) is 0 Å². The molecule has 1 aliphatic carbocycles. The summed E-state index contributed by atoms with van der Waals surface area (Å²) in [7, 11) is 0. The summed E-state index contributed by atoms with van der Waals surface area (Å²) in [4.78, 5) is 28.9. The van der Waals surface area contributed by atoms with Crippen LogP contribution in [0.5, 0.6) is 5.75 Å². The SMILES string of the molecule is CCOc1ccc(NC(=O)c2ccnc(C(=O)NC3CCCC3)c2)cc1. The summed E-state index contributed by atoms with van der Waals surface area (Å²) in [5.41, 5.74) is 1.31. The van der Waals surface area contributed by atoms with Crippen LogP contribution in [-0.2, 0) is 0 Å². The molecule has 2 aromatic rings. The van der Waals surface area contributed by atoms with Gasteiger partial charge in [0.05, 0.1) is 6.61 Å². The van der Waals surface area contributed by atoms with Gasteiger partial charge >= 0.3 is 0 Å². The lowest BCUT2D eigenvalue weighted by atomic mass is 10.2. The number of anilines is 1. The molecule has 0 bridgehead atoms. The monoisotopic (exact) mass is 353 g/mol. The van der Waals surface area contributed by atoms with Crippen LogP contribution in [0.2, 0.25) is 0 Å². The summed E-state index contributed by atoms with van der Waals surface area (Å²) < 4.78 is 5.38. The maximum absolute atomic E-state index is 12.4. The number of ether oxygens (including phenoxy) is 1. The zero-order valence-electron chi connectivity index (χ0n) is 14.8. The maximum Gasteiger partial charge on any atom is 0.270 e. The van der Waals surface area contributed by atoms with Crippen molar-refractivity contribution >= 4 is 17.5 Å². The van der Waals surface area contributed by atoms with E-state index >= 15 is 0 Å². The largest absolute Gasteiger partial charge is 0.494 e. The normalized spacial score (nSPS) is 14.0. The Morgan fingerprint density at radius 1 is 1.12 bits per heavy atom. The summed E-state index contributed by atoms with van der Waals surface area (Å²) in [5.74, 6) is 0.236. The molecular formula is C20H23N3O3. The second-order valence-electron chi connectivity index (χ2n) is 6.30. The second-order valence-corrected chi connectivity index (χ2v) is 6.30. The van der Waals surface area contributed by atoms with Crippen LogP contribution in [0.25, 0.3) is 0 Å². The minimum Gasteiger partial charge on any atom is -0.494 e. The third-order valence-electron chi connectivity index (χ3n) is 4.37. The van der Waals surface area contributed by atoms with Gasteiger partial charge in [0, 0.05) is 23.5 Å². The van der Waals surface area contributed by atoms with E-state index in [0.717, 1.165) is 31.4 Å². The molecule has 0 radical (unpaired) electrons. The molecule has 1 saturated carbocycles. The molecule has 6 nitrogen and oxygen atoms in total. The van der Waals surface area contributed by atoms with Crippen molar-refractivity contribution in [1.29, 1.82) is 0 Å². The van der Waals surface area contributed by atoms with E-state index in [4.69, 9.17) is 4.74 Å². The van der Waals surface area contributed by atoms with Crippen LogP contribution in [-0.4, -0.2) is 29.4 Å². The lowest BCUT2D eigenvalue weighted by Crippen LogP contribution is -2.33. The third-order valence-corrected chi connectivity index (χ3v) is 4.37. The number of carbonyl (C=O) groups is 2. The Labute approximate surface area is 153 Å². The van der Waals surface area contributed by atoms with Crippen LogP contribution < -0.4 is 15.4 Å². The third kappa shape index (κ3) is 4.59. The van der Waals surface area contributed by atoms with Crippen molar-refractivity contribution in [3.63, 3.8) is 0 Å². The van der Waals surface area contributed by atoms with Crippen LogP contribution in [0.15, 0.2) is 42.6 Å². The molecule has 2 N–H and O–H groups in total. The number of nitrogens with zero attached hydrogens (tertiary/aromatic N) is 1. The van der Waals surface area contributed by atoms with Crippen molar-refractivity contribution < 1.29 is 14.3 Å². The molecule has 1 heterocycles. The van der Waals surface area contributed by atoms with Crippen molar-refractivity contribution in [2.24, 2.45) is 0 Å². The van der Waals surface area contributed by atoms with E-state index in [0.29, 0.717) is 17.9 Å². The van der Waals surface area contributed by atoms with E-state index in [9.17, 15) is 9.59 Å². The lowest BCUT2D eigenvalue weighted by Gasteiger charge is -2.12. The van der Waals surface area contributed by atoms with Gasteiger partial charge < -0.3 is 15.4 Å². The highest BCUT2D eigenvalue weighted by Crippen LogP contribution is 2.19. The Balaban J connectivity index is 1.64. The fourth-order valence-corrected chi connectivity index (χ4v) is 3.03. The number of hydrogen-bond acceptors (Lipinski definition) is 4. The zero-order valence-corrected chi connectivity index (χ0v) is 14.8. The van der Waals surface area contributed by atoms with E-state index in [1.54, 1.807) is 30.3 Å². The number of pyridine rings is 1. The molecule has 2 amide bonds. The Bertz CT molecular complexity index is 768. The molecule has 26 heavy (non-hydrogen) atoms. The van der Waals surface area contributed by atoms with Crippen LogP contribution in [0.3, 0.4) is 0 Å². The molecule has 6 heteroatoms. The van der Waals surface area contributed by atoms with Gasteiger partial charge in [0.2, 0.25) is 0 Å². The highest BCUT2D eigenvalue weighted by atomic mass is 16.5. The zero-order chi connectivity index (χ0) is 18.4. The fourth-order valence-electron chi connectivity index (χ4n) is 3.03.